The number of hydrogen-bond donors (Lipinski definition) is 1. The van der Waals surface area contributed by atoms with E-state index in [9.17, 15) is 4.79 Å². The number of aryl methyl sites for hydroxylation is 1. The zero-order valence-corrected chi connectivity index (χ0v) is 15.5. The van der Waals surface area contributed by atoms with Crippen LogP contribution in [0.3, 0.4) is 0 Å². The average Bonchev–Trinajstić information content (AvgIpc) is 2.66. The van der Waals surface area contributed by atoms with Gasteiger partial charge in [-0.15, -0.1) is 0 Å². The number of benzene rings is 3. The summed E-state index contributed by atoms with van der Waals surface area (Å²) in [5, 5.41) is 2.99. The largest absolute Gasteiger partial charge is 0.493 e. The lowest BCUT2D eigenvalue weighted by molar-refractivity contribution is -0.116. The summed E-state index contributed by atoms with van der Waals surface area (Å²) in [6.45, 7) is 2.38. The summed E-state index contributed by atoms with van der Waals surface area (Å²) in [7, 11) is 0. The number of anilines is 1. The Bertz CT molecular complexity index is 848. The van der Waals surface area contributed by atoms with Crippen molar-refractivity contribution in [2.45, 2.75) is 23.1 Å². The Labute approximate surface area is 158 Å². The van der Waals surface area contributed by atoms with Crippen LogP contribution in [0.5, 0.6) is 5.75 Å². The quantitative estimate of drug-likeness (QED) is 0.598. The SMILES string of the molecule is Cc1ccc(OCCC(=O)Nc2ccccc2Sc2ccccc2)cc1. The van der Waals surface area contributed by atoms with E-state index in [0.29, 0.717) is 13.0 Å². The molecule has 0 unspecified atom stereocenters. The maximum atomic E-state index is 12.3. The summed E-state index contributed by atoms with van der Waals surface area (Å²) >= 11 is 1.63. The minimum absolute atomic E-state index is 0.0572. The first-order valence-corrected chi connectivity index (χ1v) is 9.33. The first-order chi connectivity index (χ1) is 12.7. The van der Waals surface area contributed by atoms with Gasteiger partial charge in [-0.3, -0.25) is 4.79 Å². The molecule has 26 heavy (non-hydrogen) atoms. The van der Waals surface area contributed by atoms with Crippen molar-refractivity contribution in [2.75, 3.05) is 11.9 Å². The van der Waals surface area contributed by atoms with Crippen molar-refractivity contribution in [2.24, 2.45) is 0 Å². The van der Waals surface area contributed by atoms with Gasteiger partial charge in [-0.05, 0) is 43.3 Å². The molecule has 0 aliphatic carbocycles. The number of carbonyl (C=O) groups is 1. The van der Waals surface area contributed by atoms with Crippen LogP contribution in [0.4, 0.5) is 5.69 Å². The minimum Gasteiger partial charge on any atom is -0.493 e. The van der Waals surface area contributed by atoms with Crippen LogP contribution >= 0.6 is 11.8 Å². The molecule has 0 heterocycles. The molecule has 0 saturated carbocycles. The van der Waals surface area contributed by atoms with Crippen molar-refractivity contribution in [3.05, 3.63) is 84.4 Å². The van der Waals surface area contributed by atoms with E-state index < -0.39 is 0 Å². The standard InChI is InChI=1S/C22H21NO2S/c1-17-11-13-18(14-12-17)25-16-15-22(24)23-20-9-5-6-10-21(20)26-19-7-3-2-4-8-19/h2-14H,15-16H2,1H3,(H,23,24). The molecule has 1 amide bonds. The van der Waals surface area contributed by atoms with Crippen molar-refractivity contribution in [1.82, 2.24) is 0 Å². The van der Waals surface area contributed by atoms with E-state index >= 15 is 0 Å². The van der Waals surface area contributed by atoms with Gasteiger partial charge >= 0.3 is 0 Å². The monoisotopic (exact) mass is 363 g/mol. The Kier molecular flexibility index (Phi) is 6.34. The predicted molar refractivity (Wildman–Crippen MR) is 107 cm³/mol. The van der Waals surface area contributed by atoms with Gasteiger partial charge in [0.25, 0.3) is 0 Å². The summed E-state index contributed by atoms with van der Waals surface area (Å²) in [4.78, 5) is 14.4. The predicted octanol–water partition coefficient (Wildman–Crippen LogP) is 5.55. The molecule has 0 spiro atoms. The lowest BCUT2D eigenvalue weighted by atomic mass is 10.2. The second-order valence-corrected chi connectivity index (χ2v) is 6.99. The fourth-order valence-corrected chi connectivity index (χ4v) is 3.31. The fourth-order valence-electron chi connectivity index (χ4n) is 2.38. The summed E-state index contributed by atoms with van der Waals surface area (Å²) in [6, 6.07) is 25.8. The van der Waals surface area contributed by atoms with Crippen molar-refractivity contribution < 1.29 is 9.53 Å². The number of carbonyl (C=O) groups excluding carboxylic acids is 1. The Balaban J connectivity index is 1.55. The topological polar surface area (TPSA) is 38.3 Å². The molecular weight excluding hydrogens is 342 g/mol. The van der Waals surface area contributed by atoms with Gasteiger partial charge in [-0.2, -0.15) is 0 Å². The van der Waals surface area contributed by atoms with Crippen LogP contribution in [0.1, 0.15) is 12.0 Å². The lowest BCUT2D eigenvalue weighted by Crippen LogP contribution is -2.15. The molecule has 3 nitrogen and oxygen atoms in total. The number of ether oxygens (including phenoxy) is 1. The molecule has 0 saturated heterocycles. The second kappa shape index (κ2) is 9.11. The van der Waals surface area contributed by atoms with E-state index in [2.05, 4.69) is 17.4 Å². The molecule has 4 heteroatoms. The summed E-state index contributed by atoms with van der Waals surface area (Å²) in [6.07, 6.45) is 0.304. The Morgan fingerprint density at radius 1 is 0.923 bits per heavy atom. The van der Waals surface area contributed by atoms with Crippen LogP contribution in [0.25, 0.3) is 0 Å². The van der Waals surface area contributed by atoms with Crippen LogP contribution in [0, 0.1) is 6.92 Å². The van der Waals surface area contributed by atoms with E-state index in [-0.39, 0.29) is 5.91 Å². The van der Waals surface area contributed by atoms with Crippen LogP contribution in [-0.2, 0) is 4.79 Å². The van der Waals surface area contributed by atoms with Crippen LogP contribution in [0.15, 0.2) is 88.7 Å². The smallest absolute Gasteiger partial charge is 0.227 e. The van der Waals surface area contributed by atoms with Crippen molar-refractivity contribution >= 4 is 23.4 Å². The van der Waals surface area contributed by atoms with Gasteiger partial charge in [0.15, 0.2) is 0 Å². The highest BCUT2D eigenvalue weighted by atomic mass is 32.2. The van der Waals surface area contributed by atoms with Gasteiger partial charge in [0.1, 0.15) is 5.75 Å². The highest BCUT2D eigenvalue weighted by Gasteiger charge is 2.08. The van der Waals surface area contributed by atoms with E-state index in [1.165, 1.54) is 5.56 Å². The van der Waals surface area contributed by atoms with Crippen molar-refractivity contribution in [3.8, 4) is 5.75 Å². The van der Waals surface area contributed by atoms with Crippen molar-refractivity contribution in [3.63, 3.8) is 0 Å². The molecule has 1 N–H and O–H groups in total. The molecule has 0 aliphatic rings. The Morgan fingerprint density at radius 3 is 2.38 bits per heavy atom. The van der Waals surface area contributed by atoms with E-state index in [4.69, 9.17) is 4.74 Å². The zero-order chi connectivity index (χ0) is 18.2. The number of para-hydroxylation sites is 1. The Hall–Kier alpha value is -2.72. The van der Waals surface area contributed by atoms with Gasteiger partial charge in [-0.25, -0.2) is 0 Å². The van der Waals surface area contributed by atoms with E-state index in [0.717, 1.165) is 21.2 Å². The molecule has 3 aromatic rings. The molecule has 0 aromatic heterocycles. The maximum Gasteiger partial charge on any atom is 0.227 e. The third-order valence-electron chi connectivity index (χ3n) is 3.75. The molecular formula is C22H21NO2S. The van der Waals surface area contributed by atoms with Gasteiger partial charge in [0, 0.05) is 9.79 Å². The molecule has 0 bridgehead atoms. The van der Waals surface area contributed by atoms with Gasteiger partial charge < -0.3 is 10.1 Å². The molecule has 0 atom stereocenters. The highest BCUT2D eigenvalue weighted by molar-refractivity contribution is 7.99. The normalized spacial score (nSPS) is 10.3. The van der Waals surface area contributed by atoms with Crippen molar-refractivity contribution in [1.29, 1.82) is 0 Å². The van der Waals surface area contributed by atoms with Crippen LogP contribution in [0.2, 0.25) is 0 Å². The number of rotatable bonds is 7. The Morgan fingerprint density at radius 2 is 1.62 bits per heavy atom. The van der Waals surface area contributed by atoms with Crippen LogP contribution < -0.4 is 10.1 Å². The molecule has 0 radical (unpaired) electrons. The maximum absolute atomic E-state index is 12.3. The molecule has 132 valence electrons. The molecule has 0 fully saturated rings. The lowest BCUT2D eigenvalue weighted by Gasteiger charge is -2.11. The first kappa shape index (κ1) is 18.1. The fraction of sp³-hybridized carbons (Fsp3) is 0.136. The highest BCUT2D eigenvalue weighted by Crippen LogP contribution is 2.33. The second-order valence-electron chi connectivity index (χ2n) is 5.87. The first-order valence-electron chi connectivity index (χ1n) is 8.52. The van der Waals surface area contributed by atoms with Gasteiger partial charge in [0.2, 0.25) is 5.91 Å². The molecule has 0 aliphatic heterocycles. The van der Waals surface area contributed by atoms with Gasteiger partial charge in [-0.1, -0.05) is 59.8 Å². The summed E-state index contributed by atoms with van der Waals surface area (Å²) in [5.41, 5.74) is 2.00. The average molecular weight is 363 g/mol. The molecule has 3 rings (SSSR count). The summed E-state index contributed by atoms with van der Waals surface area (Å²) in [5.74, 6) is 0.724. The summed E-state index contributed by atoms with van der Waals surface area (Å²) < 4.78 is 5.63. The molecule has 3 aromatic carbocycles. The van der Waals surface area contributed by atoms with E-state index in [1.54, 1.807) is 11.8 Å². The number of nitrogens with one attached hydrogen (secondary N) is 1. The number of hydrogen-bond acceptors (Lipinski definition) is 3. The third-order valence-corrected chi connectivity index (χ3v) is 4.83. The minimum atomic E-state index is -0.0572. The van der Waals surface area contributed by atoms with E-state index in [1.807, 2.05) is 73.7 Å². The van der Waals surface area contributed by atoms with Crippen LogP contribution in [-0.4, -0.2) is 12.5 Å². The zero-order valence-electron chi connectivity index (χ0n) is 14.6. The number of amides is 1. The third kappa shape index (κ3) is 5.39. The van der Waals surface area contributed by atoms with Gasteiger partial charge in [0.05, 0.1) is 18.7 Å².